The Morgan fingerprint density at radius 2 is 2.00 bits per heavy atom. The first-order valence-corrected chi connectivity index (χ1v) is 8.82. The predicted molar refractivity (Wildman–Crippen MR) is 88.6 cm³/mol. The normalized spacial score (nSPS) is 18.2. The van der Waals surface area contributed by atoms with Crippen molar-refractivity contribution >= 4 is 5.91 Å². The van der Waals surface area contributed by atoms with Crippen LogP contribution in [0.15, 0.2) is 6.07 Å². The number of carbonyl (C=O) groups excluding carboxylic acids is 1. The van der Waals surface area contributed by atoms with Crippen molar-refractivity contribution in [1.29, 1.82) is 0 Å². The number of hydrogen-bond donors (Lipinski definition) is 0. The first kappa shape index (κ1) is 15.4. The van der Waals surface area contributed by atoms with Crippen LogP contribution >= 0.6 is 0 Å². The molecule has 0 atom stereocenters. The van der Waals surface area contributed by atoms with Crippen molar-refractivity contribution in [2.45, 2.75) is 58.5 Å². The molecular weight excluding hydrogens is 304 g/mol. The van der Waals surface area contributed by atoms with Crippen molar-refractivity contribution in [3.63, 3.8) is 0 Å². The summed E-state index contributed by atoms with van der Waals surface area (Å²) in [6.45, 7) is 6.93. The van der Waals surface area contributed by atoms with Crippen molar-refractivity contribution < 1.29 is 4.79 Å². The topological polar surface area (TPSA) is 68.8 Å². The highest BCUT2D eigenvalue weighted by Crippen LogP contribution is 2.29. The van der Waals surface area contributed by atoms with E-state index in [4.69, 9.17) is 0 Å². The van der Waals surface area contributed by atoms with Crippen molar-refractivity contribution in [2.24, 2.45) is 0 Å². The quantitative estimate of drug-likeness (QED) is 0.855. The third-order valence-electron chi connectivity index (χ3n) is 5.24. The first-order chi connectivity index (χ1) is 11.6. The maximum atomic E-state index is 12.5. The molecule has 0 radical (unpaired) electrons. The lowest BCUT2D eigenvalue weighted by Gasteiger charge is -2.31. The van der Waals surface area contributed by atoms with E-state index in [1.807, 2.05) is 24.8 Å². The molecule has 0 spiro atoms. The number of rotatable bonds is 3. The van der Waals surface area contributed by atoms with Crippen molar-refractivity contribution in [1.82, 2.24) is 29.4 Å². The Balaban J connectivity index is 1.37. The van der Waals surface area contributed by atoms with Gasteiger partial charge in [-0.05, 0) is 39.2 Å². The van der Waals surface area contributed by atoms with Crippen LogP contribution in [-0.2, 0) is 24.3 Å². The van der Waals surface area contributed by atoms with Gasteiger partial charge in [-0.1, -0.05) is 0 Å². The van der Waals surface area contributed by atoms with Crippen LogP contribution in [0.4, 0.5) is 0 Å². The molecule has 0 bridgehead atoms. The van der Waals surface area contributed by atoms with E-state index in [0.717, 1.165) is 61.9 Å². The molecule has 1 amide bonds. The van der Waals surface area contributed by atoms with E-state index in [9.17, 15) is 4.79 Å². The second kappa shape index (κ2) is 6.03. The number of nitrogens with zero attached hydrogens (tertiary/aromatic N) is 6. The number of amides is 1. The van der Waals surface area contributed by atoms with Crippen LogP contribution < -0.4 is 0 Å². The molecule has 0 N–H and O–H groups in total. The first-order valence-electron chi connectivity index (χ1n) is 8.82. The van der Waals surface area contributed by atoms with Gasteiger partial charge in [0.2, 0.25) is 5.91 Å². The van der Waals surface area contributed by atoms with Crippen LogP contribution in [0.25, 0.3) is 0 Å². The summed E-state index contributed by atoms with van der Waals surface area (Å²) in [4.78, 5) is 14.5. The lowest BCUT2D eigenvalue weighted by molar-refractivity contribution is -0.133. The van der Waals surface area contributed by atoms with Crippen LogP contribution in [0.5, 0.6) is 0 Å². The van der Waals surface area contributed by atoms with Gasteiger partial charge in [-0.15, -0.1) is 10.2 Å². The average Bonchev–Trinajstić information content (AvgIpc) is 3.24. The molecule has 2 aromatic rings. The molecular formula is C17H24N6O. The smallest absolute Gasteiger partial charge is 0.244 e. The van der Waals surface area contributed by atoms with Gasteiger partial charge < -0.3 is 9.47 Å². The molecule has 24 heavy (non-hydrogen) atoms. The maximum absolute atomic E-state index is 12.5. The van der Waals surface area contributed by atoms with E-state index in [2.05, 4.69) is 19.9 Å². The summed E-state index contributed by atoms with van der Waals surface area (Å²) in [5.41, 5.74) is 1.99. The van der Waals surface area contributed by atoms with Gasteiger partial charge >= 0.3 is 0 Å². The van der Waals surface area contributed by atoms with Crippen LogP contribution in [0.1, 0.15) is 48.2 Å². The zero-order valence-electron chi connectivity index (χ0n) is 14.4. The summed E-state index contributed by atoms with van der Waals surface area (Å²) in [7, 11) is 0. The largest absolute Gasteiger partial charge is 0.341 e. The number of carbonyl (C=O) groups is 1. The van der Waals surface area contributed by atoms with Crippen LogP contribution in [0, 0.1) is 13.8 Å². The fraction of sp³-hybridized carbons (Fsp3) is 0.647. The number of aromatic nitrogens is 5. The van der Waals surface area contributed by atoms with Gasteiger partial charge in [0, 0.05) is 37.7 Å². The second-order valence-corrected chi connectivity index (χ2v) is 6.97. The second-order valence-electron chi connectivity index (χ2n) is 6.97. The fourth-order valence-corrected chi connectivity index (χ4v) is 3.93. The molecule has 4 heterocycles. The van der Waals surface area contributed by atoms with Crippen molar-refractivity contribution in [2.75, 3.05) is 13.1 Å². The number of aryl methyl sites for hydroxylation is 3. The minimum absolute atomic E-state index is 0.158. The third kappa shape index (κ3) is 2.72. The van der Waals surface area contributed by atoms with E-state index in [1.54, 1.807) is 4.68 Å². The van der Waals surface area contributed by atoms with E-state index < -0.39 is 0 Å². The molecule has 128 valence electrons. The molecule has 7 heteroatoms. The summed E-state index contributed by atoms with van der Waals surface area (Å²) in [6, 6.07) is 2.01. The highest BCUT2D eigenvalue weighted by atomic mass is 16.2. The van der Waals surface area contributed by atoms with Crippen LogP contribution in [0.3, 0.4) is 0 Å². The lowest BCUT2D eigenvalue weighted by Crippen LogP contribution is -2.40. The van der Waals surface area contributed by atoms with Gasteiger partial charge in [0.1, 0.15) is 18.2 Å². The summed E-state index contributed by atoms with van der Waals surface area (Å²) in [5.74, 6) is 2.86. The summed E-state index contributed by atoms with van der Waals surface area (Å²) >= 11 is 0. The van der Waals surface area contributed by atoms with Gasteiger partial charge in [0.05, 0.1) is 5.69 Å². The SMILES string of the molecule is Cc1cc(C)n(CC(=O)N2CCC(c3nnc4n3CCC4)CC2)n1. The van der Waals surface area contributed by atoms with E-state index in [1.165, 1.54) is 6.42 Å². The number of piperidine rings is 1. The highest BCUT2D eigenvalue weighted by Gasteiger charge is 2.29. The third-order valence-corrected chi connectivity index (χ3v) is 5.24. The Morgan fingerprint density at radius 3 is 2.71 bits per heavy atom. The number of fused-ring (bicyclic) bond motifs is 1. The Hall–Kier alpha value is -2.18. The Labute approximate surface area is 141 Å². The van der Waals surface area contributed by atoms with E-state index in [-0.39, 0.29) is 5.91 Å². The number of hydrogen-bond acceptors (Lipinski definition) is 4. The minimum Gasteiger partial charge on any atom is -0.341 e. The molecule has 2 aliphatic heterocycles. The molecule has 2 aliphatic rings. The lowest BCUT2D eigenvalue weighted by atomic mass is 9.96. The molecule has 0 aromatic carbocycles. The van der Waals surface area contributed by atoms with Gasteiger partial charge in [0.25, 0.3) is 0 Å². The van der Waals surface area contributed by atoms with Crippen LogP contribution in [-0.4, -0.2) is 48.4 Å². The standard InChI is InChI=1S/C17H24N6O/c1-12-10-13(2)23(20-12)11-16(24)21-8-5-14(6-9-21)17-19-18-15-4-3-7-22(15)17/h10,14H,3-9,11H2,1-2H3. The Bertz CT molecular complexity index is 753. The molecule has 0 unspecified atom stereocenters. The fourth-order valence-electron chi connectivity index (χ4n) is 3.93. The molecule has 1 fully saturated rings. The Morgan fingerprint density at radius 1 is 1.21 bits per heavy atom. The molecule has 4 rings (SSSR count). The van der Waals surface area contributed by atoms with Crippen molar-refractivity contribution in [3.8, 4) is 0 Å². The zero-order chi connectivity index (χ0) is 16.7. The predicted octanol–water partition coefficient (Wildman–Crippen LogP) is 1.44. The van der Waals surface area contributed by atoms with Gasteiger partial charge in [-0.25, -0.2) is 0 Å². The monoisotopic (exact) mass is 328 g/mol. The van der Waals surface area contributed by atoms with Gasteiger partial charge in [-0.2, -0.15) is 5.10 Å². The molecule has 0 saturated carbocycles. The molecule has 1 saturated heterocycles. The number of likely N-dealkylation sites (tertiary alicyclic amines) is 1. The average molecular weight is 328 g/mol. The maximum Gasteiger partial charge on any atom is 0.244 e. The highest BCUT2D eigenvalue weighted by molar-refractivity contribution is 5.76. The van der Waals surface area contributed by atoms with Crippen LogP contribution in [0.2, 0.25) is 0 Å². The summed E-state index contributed by atoms with van der Waals surface area (Å²) in [6.07, 6.45) is 4.17. The summed E-state index contributed by atoms with van der Waals surface area (Å²) in [5, 5.41) is 13.1. The summed E-state index contributed by atoms with van der Waals surface area (Å²) < 4.78 is 4.09. The molecule has 0 aliphatic carbocycles. The molecule has 7 nitrogen and oxygen atoms in total. The van der Waals surface area contributed by atoms with Gasteiger partial charge in [0.15, 0.2) is 0 Å². The van der Waals surface area contributed by atoms with E-state index in [0.29, 0.717) is 12.5 Å². The zero-order valence-corrected chi connectivity index (χ0v) is 14.4. The Kier molecular flexibility index (Phi) is 3.86. The molecule has 2 aromatic heterocycles. The van der Waals surface area contributed by atoms with Crippen molar-refractivity contribution in [3.05, 3.63) is 29.1 Å². The van der Waals surface area contributed by atoms with E-state index >= 15 is 0 Å². The minimum atomic E-state index is 0.158. The van der Waals surface area contributed by atoms with Gasteiger partial charge in [-0.3, -0.25) is 9.48 Å².